The Balaban J connectivity index is 1.84. The summed E-state index contributed by atoms with van der Waals surface area (Å²) in [6.45, 7) is 3.16. The maximum atomic E-state index is 12.2. The van der Waals surface area contributed by atoms with Crippen molar-refractivity contribution in [1.29, 1.82) is 0 Å². The molecular formula is C16H22N2O4S. The van der Waals surface area contributed by atoms with Crippen LogP contribution in [-0.2, 0) is 26.0 Å². The lowest BCUT2D eigenvalue weighted by Gasteiger charge is -2.30. The number of likely N-dealkylation sites (tertiary alicyclic amines) is 1. The number of carbonyl (C=O) groups excluding carboxylic acids is 2. The van der Waals surface area contributed by atoms with Gasteiger partial charge >= 0.3 is 0 Å². The Morgan fingerprint density at radius 1 is 1.17 bits per heavy atom. The number of nitrogens with one attached hydrogen (secondary N) is 1. The quantitative estimate of drug-likeness (QED) is 0.886. The summed E-state index contributed by atoms with van der Waals surface area (Å²) in [6, 6.07) is 6.49. The molecular weight excluding hydrogens is 316 g/mol. The molecule has 1 aromatic rings. The van der Waals surface area contributed by atoms with Gasteiger partial charge in [0.1, 0.15) is 0 Å². The number of carbonyl (C=O) groups is 2. The van der Waals surface area contributed by atoms with Gasteiger partial charge in [-0.2, -0.15) is 0 Å². The molecule has 0 atom stereocenters. The number of sulfone groups is 1. The second-order valence-corrected chi connectivity index (χ2v) is 7.93. The molecule has 6 nitrogen and oxygen atoms in total. The number of piperidine rings is 1. The van der Waals surface area contributed by atoms with E-state index < -0.39 is 9.84 Å². The smallest absolute Gasteiger partial charge is 0.223 e. The Hall–Kier alpha value is -1.89. The van der Waals surface area contributed by atoms with Gasteiger partial charge < -0.3 is 10.2 Å². The van der Waals surface area contributed by atoms with Crippen LogP contribution < -0.4 is 5.32 Å². The summed E-state index contributed by atoms with van der Waals surface area (Å²) in [5, 5.41) is 2.88. The van der Waals surface area contributed by atoms with Crippen molar-refractivity contribution in [2.45, 2.75) is 31.2 Å². The van der Waals surface area contributed by atoms with Gasteiger partial charge in [0.15, 0.2) is 9.84 Å². The molecule has 0 bridgehead atoms. The summed E-state index contributed by atoms with van der Waals surface area (Å²) in [6.07, 6.45) is 2.52. The third kappa shape index (κ3) is 4.79. The monoisotopic (exact) mass is 338 g/mol. The molecule has 1 fully saturated rings. The van der Waals surface area contributed by atoms with Crippen LogP contribution in [0.15, 0.2) is 29.2 Å². The number of amides is 2. The summed E-state index contributed by atoms with van der Waals surface area (Å²) < 4.78 is 22.8. The van der Waals surface area contributed by atoms with E-state index in [-0.39, 0.29) is 22.6 Å². The maximum absolute atomic E-state index is 12.2. The Labute approximate surface area is 136 Å². The van der Waals surface area contributed by atoms with Crippen LogP contribution in [0.3, 0.4) is 0 Å². The second kappa shape index (κ2) is 7.12. The van der Waals surface area contributed by atoms with Crippen molar-refractivity contribution in [1.82, 2.24) is 10.2 Å². The summed E-state index contributed by atoms with van der Waals surface area (Å²) >= 11 is 0. The van der Waals surface area contributed by atoms with Crippen molar-refractivity contribution < 1.29 is 18.0 Å². The van der Waals surface area contributed by atoms with Crippen LogP contribution in [0.5, 0.6) is 0 Å². The van der Waals surface area contributed by atoms with Gasteiger partial charge in [-0.1, -0.05) is 12.1 Å². The number of nitrogens with zero attached hydrogens (tertiary/aromatic N) is 1. The van der Waals surface area contributed by atoms with Gasteiger partial charge in [0, 0.05) is 38.7 Å². The van der Waals surface area contributed by atoms with E-state index in [1.165, 1.54) is 0 Å². The van der Waals surface area contributed by atoms with Crippen LogP contribution >= 0.6 is 0 Å². The fourth-order valence-electron chi connectivity index (χ4n) is 2.64. The molecule has 23 heavy (non-hydrogen) atoms. The van der Waals surface area contributed by atoms with Gasteiger partial charge in [0.05, 0.1) is 4.90 Å². The number of hydrogen-bond acceptors (Lipinski definition) is 4. The molecule has 1 heterocycles. The van der Waals surface area contributed by atoms with Gasteiger partial charge in [0.25, 0.3) is 0 Å². The zero-order valence-electron chi connectivity index (χ0n) is 13.4. The van der Waals surface area contributed by atoms with Gasteiger partial charge in [0.2, 0.25) is 11.8 Å². The first-order chi connectivity index (χ1) is 10.8. The Bertz CT molecular complexity index is 675. The van der Waals surface area contributed by atoms with E-state index in [1.54, 1.807) is 36.1 Å². The van der Waals surface area contributed by atoms with Crippen molar-refractivity contribution in [2.24, 2.45) is 5.92 Å². The number of benzene rings is 1. The predicted octanol–water partition coefficient (Wildman–Crippen LogP) is 0.965. The molecule has 2 amide bonds. The van der Waals surface area contributed by atoms with Crippen molar-refractivity contribution >= 4 is 21.7 Å². The normalized spacial score (nSPS) is 16.2. The molecule has 0 saturated carbocycles. The van der Waals surface area contributed by atoms with Crippen molar-refractivity contribution in [3.63, 3.8) is 0 Å². The van der Waals surface area contributed by atoms with Gasteiger partial charge in [-0.15, -0.1) is 0 Å². The summed E-state index contributed by atoms with van der Waals surface area (Å²) in [7, 11) is -3.20. The molecule has 1 aliphatic heterocycles. The molecule has 1 aromatic carbocycles. The first kappa shape index (κ1) is 17.5. The number of rotatable bonds is 4. The summed E-state index contributed by atoms with van der Waals surface area (Å²) in [5.41, 5.74) is 0.854. The third-order valence-corrected chi connectivity index (χ3v) is 5.26. The maximum Gasteiger partial charge on any atom is 0.223 e. The molecule has 0 radical (unpaired) electrons. The first-order valence-corrected chi connectivity index (χ1v) is 9.49. The van der Waals surface area contributed by atoms with Gasteiger partial charge in [-0.3, -0.25) is 9.59 Å². The third-order valence-electron chi connectivity index (χ3n) is 4.13. The van der Waals surface area contributed by atoms with E-state index in [1.807, 2.05) is 0 Å². The van der Waals surface area contributed by atoms with Crippen LogP contribution in [0.25, 0.3) is 0 Å². The molecule has 1 aliphatic rings. The molecule has 126 valence electrons. The average molecular weight is 338 g/mol. The van der Waals surface area contributed by atoms with E-state index in [9.17, 15) is 18.0 Å². The largest absolute Gasteiger partial charge is 0.352 e. The Morgan fingerprint density at radius 3 is 2.22 bits per heavy atom. The van der Waals surface area contributed by atoms with Crippen LogP contribution in [0.2, 0.25) is 0 Å². The fraction of sp³-hybridized carbons (Fsp3) is 0.500. The van der Waals surface area contributed by atoms with Crippen LogP contribution in [0.1, 0.15) is 25.3 Å². The van der Waals surface area contributed by atoms with Crippen molar-refractivity contribution in [2.75, 3.05) is 19.3 Å². The zero-order valence-corrected chi connectivity index (χ0v) is 14.2. The highest BCUT2D eigenvalue weighted by Gasteiger charge is 2.25. The van der Waals surface area contributed by atoms with Crippen LogP contribution in [0, 0.1) is 5.92 Å². The predicted molar refractivity (Wildman–Crippen MR) is 86.4 cm³/mol. The van der Waals surface area contributed by atoms with E-state index >= 15 is 0 Å². The highest BCUT2D eigenvalue weighted by Crippen LogP contribution is 2.17. The lowest BCUT2D eigenvalue weighted by Crippen LogP contribution is -2.42. The summed E-state index contributed by atoms with van der Waals surface area (Å²) in [4.78, 5) is 25.5. The molecule has 0 unspecified atom stereocenters. The van der Waals surface area contributed by atoms with E-state index in [2.05, 4.69) is 5.32 Å². The van der Waals surface area contributed by atoms with Gasteiger partial charge in [-0.25, -0.2) is 8.42 Å². The molecule has 1 saturated heterocycles. The first-order valence-electron chi connectivity index (χ1n) is 7.59. The number of hydrogen-bond donors (Lipinski definition) is 1. The van der Waals surface area contributed by atoms with E-state index in [0.29, 0.717) is 32.5 Å². The van der Waals surface area contributed by atoms with Crippen molar-refractivity contribution in [3.8, 4) is 0 Å². The topological polar surface area (TPSA) is 83.6 Å². The molecule has 1 N–H and O–H groups in total. The zero-order chi connectivity index (χ0) is 17.0. The molecule has 7 heteroatoms. The summed E-state index contributed by atoms with van der Waals surface area (Å²) in [5.74, 6) is -0.0314. The SMILES string of the molecule is CC(=O)N1CCC(C(=O)NCc2ccc(S(C)(=O)=O)cc2)CC1. The van der Waals surface area contributed by atoms with Gasteiger partial charge in [-0.05, 0) is 30.5 Å². The highest BCUT2D eigenvalue weighted by atomic mass is 32.2. The minimum Gasteiger partial charge on any atom is -0.352 e. The molecule has 0 aromatic heterocycles. The second-order valence-electron chi connectivity index (χ2n) is 5.91. The Kier molecular flexibility index (Phi) is 5.41. The van der Waals surface area contributed by atoms with Crippen LogP contribution in [-0.4, -0.2) is 44.5 Å². The highest BCUT2D eigenvalue weighted by molar-refractivity contribution is 7.90. The minimum absolute atomic E-state index is 0.0135. The van der Waals surface area contributed by atoms with E-state index in [0.717, 1.165) is 11.8 Å². The van der Waals surface area contributed by atoms with Crippen LogP contribution in [0.4, 0.5) is 0 Å². The Morgan fingerprint density at radius 2 is 1.74 bits per heavy atom. The lowest BCUT2D eigenvalue weighted by molar-refractivity contribution is -0.134. The van der Waals surface area contributed by atoms with Crippen molar-refractivity contribution in [3.05, 3.63) is 29.8 Å². The standard InChI is InChI=1S/C16H22N2O4S/c1-12(19)18-9-7-14(8-10-18)16(20)17-11-13-3-5-15(6-4-13)23(2,21)22/h3-6,14H,7-11H2,1-2H3,(H,17,20). The molecule has 2 rings (SSSR count). The molecule has 0 aliphatic carbocycles. The fourth-order valence-corrected chi connectivity index (χ4v) is 3.28. The minimum atomic E-state index is -3.20. The van der Waals surface area contributed by atoms with E-state index in [4.69, 9.17) is 0 Å². The molecule has 0 spiro atoms. The average Bonchev–Trinajstić information content (AvgIpc) is 2.52. The lowest BCUT2D eigenvalue weighted by atomic mass is 9.96.